The van der Waals surface area contributed by atoms with Gasteiger partial charge < -0.3 is 13.7 Å². The number of rotatable bonds is 4. The van der Waals surface area contributed by atoms with Crippen LogP contribution in [0.15, 0.2) is 148 Å². The van der Waals surface area contributed by atoms with Crippen LogP contribution in [-0.4, -0.2) is 6.71 Å². The topological polar surface area (TPSA) is 32.8 Å². The lowest BCUT2D eigenvalue weighted by molar-refractivity contribution is 0.587. The molecule has 0 aliphatic carbocycles. The van der Waals surface area contributed by atoms with Crippen LogP contribution in [0.2, 0.25) is 0 Å². The van der Waals surface area contributed by atoms with E-state index in [1.807, 2.05) is 6.07 Å². The zero-order chi connectivity index (χ0) is 48.7. The van der Waals surface area contributed by atoms with E-state index in [9.17, 15) is 0 Å². The van der Waals surface area contributed by atoms with Gasteiger partial charge in [-0.1, -0.05) is 168 Å². The van der Waals surface area contributed by atoms with Gasteiger partial charge in [0, 0.05) is 44.4 Å². The second-order valence-electron chi connectivity index (χ2n) is 24.0. The van der Waals surface area contributed by atoms with Gasteiger partial charge in [-0.3, -0.25) is 4.90 Å². The van der Waals surface area contributed by atoms with Gasteiger partial charge in [0.15, 0.2) is 0 Å². The van der Waals surface area contributed by atoms with Crippen molar-refractivity contribution >= 4 is 79.4 Å². The lowest BCUT2D eigenvalue weighted by atomic mass is 9.33. The summed E-state index contributed by atoms with van der Waals surface area (Å²) in [4.78, 5) is 5.09. The van der Waals surface area contributed by atoms with Crippen molar-refractivity contribution in [2.24, 2.45) is 0 Å². The fraction of sp³-hybridized carbons (Fsp3) is 0.281. The molecule has 0 radical (unpaired) electrons. The summed E-state index contributed by atoms with van der Waals surface area (Å²) in [5.41, 5.74) is 22.0. The van der Waals surface area contributed by atoms with Crippen molar-refractivity contribution in [2.75, 3.05) is 9.80 Å². The van der Waals surface area contributed by atoms with Gasteiger partial charge in [-0.25, -0.2) is 0 Å². The molecular formula is C64H65BN2O2. The molecule has 2 aromatic heterocycles. The summed E-state index contributed by atoms with van der Waals surface area (Å²) in [5.74, 6) is 1.74. The smallest absolute Gasteiger partial charge is 0.257 e. The van der Waals surface area contributed by atoms with E-state index in [2.05, 4.69) is 240 Å². The predicted octanol–water partition coefficient (Wildman–Crippen LogP) is 16.4. The van der Waals surface area contributed by atoms with Gasteiger partial charge in [0.05, 0.1) is 11.4 Å². The predicted molar refractivity (Wildman–Crippen MR) is 295 cm³/mol. The molecule has 346 valence electrons. The number of fused-ring (bicyclic) bond motifs is 7. The first-order valence-corrected chi connectivity index (χ1v) is 24.9. The van der Waals surface area contributed by atoms with Gasteiger partial charge in [0.2, 0.25) is 5.88 Å². The third kappa shape index (κ3) is 7.34. The molecule has 69 heavy (non-hydrogen) atoms. The molecule has 4 nitrogen and oxygen atoms in total. The van der Waals surface area contributed by atoms with Crippen molar-refractivity contribution < 1.29 is 8.83 Å². The maximum absolute atomic E-state index is 7.38. The molecule has 0 unspecified atom stereocenters. The maximum Gasteiger partial charge on any atom is 0.257 e. The Kier molecular flexibility index (Phi) is 9.99. The number of hydrogen-bond donors (Lipinski definition) is 0. The molecule has 0 spiro atoms. The van der Waals surface area contributed by atoms with E-state index >= 15 is 0 Å². The fourth-order valence-electron chi connectivity index (χ4n) is 11.0. The number of anilines is 6. The monoisotopic (exact) mass is 905 g/mol. The highest BCUT2D eigenvalue weighted by molar-refractivity contribution is 7.01. The average molecular weight is 905 g/mol. The molecule has 2 aliphatic heterocycles. The van der Waals surface area contributed by atoms with Gasteiger partial charge >= 0.3 is 0 Å². The van der Waals surface area contributed by atoms with Crippen molar-refractivity contribution in [3.8, 4) is 22.5 Å². The molecule has 0 amide bonds. The van der Waals surface area contributed by atoms with Crippen LogP contribution in [0.4, 0.5) is 34.3 Å². The van der Waals surface area contributed by atoms with Crippen molar-refractivity contribution in [2.45, 2.75) is 119 Å². The van der Waals surface area contributed by atoms with E-state index in [1.165, 1.54) is 72.3 Å². The number of furan rings is 2. The summed E-state index contributed by atoms with van der Waals surface area (Å²) in [7, 11) is 0. The van der Waals surface area contributed by atoms with Gasteiger partial charge in [-0.15, -0.1) is 0 Å². The molecule has 5 heteroatoms. The van der Waals surface area contributed by atoms with Crippen LogP contribution in [-0.2, 0) is 21.7 Å². The molecule has 9 aromatic rings. The van der Waals surface area contributed by atoms with Gasteiger partial charge in [-0.05, 0) is 140 Å². The highest BCUT2D eigenvalue weighted by Crippen LogP contribution is 2.51. The van der Waals surface area contributed by atoms with Crippen LogP contribution in [0.1, 0.15) is 116 Å². The van der Waals surface area contributed by atoms with Crippen LogP contribution in [0.25, 0.3) is 44.4 Å². The fourth-order valence-corrected chi connectivity index (χ4v) is 11.0. The van der Waals surface area contributed by atoms with Gasteiger partial charge in [-0.2, -0.15) is 0 Å². The van der Waals surface area contributed by atoms with E-state index in [-0.39, 0.29) is 28.4 Å². The number of aryl methyl sites for hydroxylation is 2. The van der Waals surface area contributed by atoms with E-state index in [0.717, 1.165) is 56.2 Å². The third-order valence-electron chi connectivity index (χ3n) is 14.9. The number of nitrogens with zero attached hydrogens (tertiary/aromatic N) is 2. The highest BCUT2D eigenvalue weighted by atomic mass is 16.4. The first-order chi connectivity index (χ1) is 32.6. The molecule has 7 aromatic carbocycles. The number of para-hydroxylation sites is 1. The lowest BCUT2D eigenvalue weighted by Crippen LogP contribution is -2.61. The van der Waals surface area contributed by atoms with E-state index in [1.54, 1.807) is 0 Å². The zero-order valence-electron chi connectivity index (χ0n) is 43.1. The zero-order valence-corrected chi connectivity index (χ0v) is 43.1. The molecule has 0 atom stereocenters. The summed E-state index contributed by atoms with van der Waals surface area (Å²) in [5, 5.41) is 2.25. The number of hydrogen-bond acceptors (Lipinski definition) is 4. The Morgan fingerprint density at radius 2 is 1.01 bits per heavy atom. The maximum atomic E-state index is 7.38. The molecular weight excluding hydrogens is 840 g/mol. The summed E-state index contributed by atoms with van der Waals surface area (Å²) >= 11 is 0. The Hall–Kier alpha value is -6.72. The number of benzene rings is 7. The quantitative estimate of drug-likeness (QED) is 0.165. The molecule has 0 saturated heterocycles. The van der Waals surface area contributed by atoms with Crippen molar-refractivity contribution in [3.05, 3.63) is 173 Å². The van der Waals surface area contributed by atoms with Gasteiger partial charge in [0.25, 0.3) is 6.71 Å². The van der Waals surface area contributed by atoms with E-state index < -0.39 is 0 Å². The summed E-state index contributed by atoms with van der Waals surface area (Å²) < 4.78 is 14.1. The van der Waals surface area contributed by atoms with Crippen LogP contribution < -0.4 is 26.2 Å². The first kappa shape index (κ1) is 44.8. The van der Waals surface area contributed by atoms with Crippen molar-refractivity contribution in [3.63, 3.8) is 0 Å². The Morgan fingerprint density at radius 3 is 1.67 bits per heavy atom. The Balaban J connectivity index is 1.30. The summed E-state index contributed by atoms with van der Waals surface area (Å²) in [6, 6.07) is 52.3. The Morgan fingerprint density at radius 1 is 0.420 bits per heavy atom. The molecule has 0 bridgehead atoms. The average Bonchev–Trinajstić information content (AvgIpc) is 3.90. The van der Waals surface area contributed by atoms with Crippen LogP contribution in [0.5, 0.6) is 0 Å². The molecule has 0 fully saturated rings. The first-order valence-electron chi connectivity index (χ1n) is 24.9. The van der Waals surface area contributed by atoms with Crippen LogP contribution in [0, 0.1) is 13.8 Å². The summed E-state index contributed by atoms with van der Waals surface area (Å²) in [6.07, 6.45) is 0. The normalized spacial score (nSPS) is 13.9. The minimum absolute atomic E-state index is 0.00925. The SMILES string of the molecule is Cc1cc(C(C)(C)C)cc(C)c1N1c2cc(C(C)(C)C)cc3c2B(c2ccc(-c4cc5ccccc5o4)cc2N3c2ccc(C(C)(C)C)cc2-c2ccccc2)c2c1oc1ccc(C(C)(C)C)cc21. The Labute approximate surface area is 410 Å². The highest BCUT2D eigenvalue weighted by Gasteiger charge is 2.48. The van der Waals surface area contributed by atoms with Gasteiger partial charge in [0.1, 0.15) is 16.9 Å². The molecule has 0 N–H and O–H groups in total. The van der Waals surface area contributed by atoms with Crippen LogP contribution >= 0.6 is 0 Å². The van der Waals surface area contributed by atoms with E-state index in [4.69, 9.17) is 8.83 Å². The standard InChI is InChI=1S/C64H65BN2O2/c1-38-30-45(63(9,10)11)31-39(2)59(38)67-53-37-46(64(12,13)14)36-52-58(53)65(57-48-35-44(62(6,7)8)26-29-55(48)69-60(57)67)49-27-24-42(56-33-41-22-18-19-23-54(41)68-56)32-51(49)66(52)50-28-25-43(61(3,4)5)34-47(50)40-20-16-15-17-21-40/h15-37H,1-14H3. The second kappa shape index (κ2) is 15.4. The molecule has 2 aliphatic rings. The van der Waals surface area contributed by atoms with Crippen molar-refractivity contribution in [1.29, 1.82) is 0 Å². The molecule has 0 saturated carbocycles. The molecule has 11 rings (SSSR count). The Bertz CT molecular complexity index is 3470. The summed E-state index contributed by atoms with van der Waals surface area (Å²) in [6.45, 7) is 32.2. The second-order valence-corrected chi connectivity index (χ2v) is 24.0. The largest absolute Gasteiger partial charge is 0.456 e. The minimum atomic E-state index is -0.191. The van der Waals surface area contributed by atoms with Crippen molar-refractivity contribution in [1.82, 2.24) is 0 Å². The minimum Gasteiger partial charge on any atom is -0.456 e. The third-order valence-corrected chi connectivity index (χ3v) is 14.9. The van der Waals surface area contributed by atoms with Crippen LogP contribution in [0.3, 0.4) is 0 Å². The molecule has 4 heterocycles. The lowest BCUT2D eigenvalue weighted by Gasteiger charge is -2.44. The van der Waals surface area contributed by atoms with E-state index in [0.29, 0.717) is 0 Å².